The first-order chi connectivity index (χ1) is 10.4. The molecule has 0 aromatic heterocycles. The Labute approximate surface area is 128 Å². The van der Waals surface area contributed by atoms with Gasteiger partial charge in [-0.1, -0.05) is 0 Å². The SMILES string of the molecule is C[C@@H](O)[C@H](NC(=O)[C@@H]1CCCN1)C(=O)N1CCC[C@@H]1C(=O)O. The van der Waals surface area contributed by atoms with Gasteiger partial charge in [-0.05, 0) is 39.2 Å². The van der Waals surface area contributed by atoms with Gasteiger partial charge in [0.15, 0.2) is 0 Å². The maximum Gasteiger partial charge on any atom is 0.326 e. The van der Waals surface area contributed by atoms with Crippen LogP contribution in [0.1, 0.15) is 32.6 Å². The number of amides is 2. The minimum absolute atomic E-state index is 0.330. The van der Waals surface area contributed by atoms with Gasteiger partial charge in [-0.3, -0.25) is 9.59 Å². The van der Waals surface area contributed by atoms with Gasteiger partial charge >= 0.3 is 5.97 Å². The fraction of sp³-hybridized carbons (Fsp3) is 0.786. The van der Waals surface area contributed by atoms with E-state index >= 15 is 0 Å². The average molecular weight is 313 g/mol. The maximum absolute atomic E-state index is 12.5. The molecule has 2 rings (SSSR count). The molecule has 22 heavy (non-hydrogen) atoms. The number of aliphatic hydroxyl groups excluding tert-OH is 1. The summed E-state index contributed by atoms with van der Waals surface area (Å²) in [5.74, 6) is -1.92. The fourth-order valence-corrected chi connectivity index (χ4v) is 3.02. The third-order valence-corrected chi connectivity index (χ3v) is 4.24. The molecule has 2 aliphatic rings. The summed E-state index contributed by atoms with van der Waals surface area (Å²) in [6.45, 7) is 2.49. The number of aliphatic hydroxyl groups is 1. The molecule has 8 nitrogen and oxygen atoms in total. The summed E-state index contributed by atoms with van der Waals surface area (Å²) < 4.78 is 0. The lowest BCUT2D eigenvalue weighted by Gasteiger charge is -2.29. The largest absolute Gasteiger partial charge is 0.480 e. The minimum atomic E-state index is -1.12. The van der Waals surface area contributed by atoms with Gasteiger partial charge in [-0.2, -0.15) is 0 Å². The summed E-state index contributed by atoms with van der Waals surface area (Å²) in [6.07, 6.45) is 1.49. The predicted octanol–water partition coefficient (Wildman–Crippen LogP) is -1.32. The highest BCUT2D eigenvalue weighted by atomic mass is 16.4. The van der Waals surface area contributed by atoms with Crippen molar-refractivity contribution >= 4 is 17.8 Å². The topological polar surface area (TPSA) is 119 Å². The Hall–Kier alpha value is -1.67. The zero-order valence-electron chi connectivity index (χ0n) is 12.6. The van der Waals surface area contributed by atoms with Crippen molar-refractivity contribution in [2.45, 2.75) is 56.8 Å². The summed E-state index contributed by atoms with van der Waals surface area (Å²) in [7, 11) is 0. The molecule has 8 heteroatoms. The van der Waals surface area contributed by atoms with E-state index in [0.717, 1.165) is 13.0 Å². The molecular formula is C14H23N3O5. The summed E-state index contributed by atoms with van der Waals surface area (Å²) in [5.41, 5.74) is 0. The van der Waals surface area contributed by atoms with Crippen LogP contribution >= 0.6 is 0 Å². The number of aliphatic carboxylic acids is 1. The van der Waals surface area contributed by atoms with Gasteiger partial charge in [-0.25, -0.2) is 4.79 Å². The number of carbonyl (C=O) groups is 3. The highest BCUT2D eigenvalue weighted by molar-refractivity contribution is 5.92. The molecule has 2 fully saturated rings. The van der Waals surface area contributed by atoms with E-state index in [1.165, 1.54) is 11.8 Å². The Bertz CT molecular complexity index is 448. The molecule has 0 unspecified atom stereocenters. The normalized spacial score (nSPS) is 27.5. The molecule has 2 amide bonds. The molecule has 0 radical (unpaired) electrons. The molecular weight excluding hydrogens is 290 g/mol. The smallest absolute Gasteiger partial charge is 0.326 e. The predicted molar refractivity (Wildman–Crippen MR) is 77.0 cm³/mol. The molecule has 4 atom stereocenters. The van der Waals surface area contributed by atoms with Crippen molar-refractivity contribution in [1.29, 1.82) is 0 Å². The number of likely N-dealkylation sites (tertiary alicyclic amines) is 1. The van der Waals surface area contributed by atoms with E-state index in [4.69, 9.17) is 5.11 Å². The zero-order chi connectivity index (χ0) is 16.3. The molecule has 2 aliphatic heterocycles. The second-order valence-electron chi connectivity index (χ2n) is 5.90. The van der Waals surface area contributed by atoms with Gasteiger partial charge < -0.3 is 25.7 Å². The fourth-order valence-electron chi connectivity index (χ4n) is 3.02. The third kappa shape index (κ3) is 3.56. The van der Waals surface area contributed by atoms with E-state index in [2.05, 4.69) is 10.6 Å². The molecule has 0 aromatic rings. The van der Waals surface area contributed by atoms with Crippen LogP contribution in [0.15, 0.2) is 0 Å². The quantitative estimate of drug-likeness (QED) is 0.500. The first-order valence-corrected chi connectivity index (χ1v) is 7.67. The number of hydrogen-bond donors (Lipinski definition) is 4. The van der Waals surface area contributed by atoms with Crippen LogP contribution in [0.2, 0.25) is 0 Å². The Morgan fingerprint density at radius 1 is 1.27 bits per heavy atom. The van der Waals surface area contributed by atoms with E-state index in [1.807, 2.05) is 0 Å². The van der Waals surface area contributed by atoms with Crippen LogP contribution in [0.4, 0.5) is 0 Å². The van der Waals surface area contributed by atoms with Crippen LogP contribution in [0.25, 0.3) is 0 Å². The Balaban J connectivity index is 2.05. The summed E-state index contributed by atoms with van der Waals surface area (Å²) in [6, 6.07) is -2.35. The number of nitrogens with zero attached hydrogens (tertiary/aromatic N) is 1. The van der Waals surface area contributed by atoms with Crippen LogP contribution in [-0.2, 0) is 14.4 Å². The monoisotopic (exact) mass is 313 g/mol. The van der Waals surface area contributed by atoms with E-state index in [-0.39, 0.29) is 11.9 Å². The first-order valence-electron chi connectivity index (χ1n) is 7.67. The molecule has 0 aliphatic carbocycles. The molecule has 124 valence electrons. The molecule has 0 saturated carbocycles. The van der Waals surface area contributed by atoms with Crippen LogP contribution in [0.5, 0.6) is 0 Å². The van der Waals surface area contributed by atoms with Crippen LogP contribution in [0.3, 0.4) is 0 Å². The number of carbonyl (C=O) groups excluding carboxylic acids is 2. The Morgan fingerprint density at radius 2 is 2.00 bits per heavy atom. The Kier molecular flexibility index (Phi) is 5.36. The van der Waals surface area contributed by atoms with Crippen LogP contribution in [0, 0.1) is 0 Å². The number of carboxylic acids is 1. The number of nitrogens with one attached hydrogen (secondary N) is 2. The van der Waals surface area contributed by atoms with Gasteiger partial charge in [-0.15, -0.1) is 0 Å². The molecule has 0 spiro atoms. The second-order valence-corrected chi connectivity index (χ2v) is 5.90. The maximum atomic E-state index is 12.5. The van der Waals surface area contributed by atoms with Gasteiger partial charge in [0.2, 0.25) is 11.8 Å². The molecule has 0 aromatic carbocycles. The average Bonchev–Trinajstić information content (AvgIpc) is 3.13. The summed E-state index contributed by atoms with van der Waals surface area (Å²) >= 11 is 0. The van der Waals surface area contributed by atoms with Crippen molar-refractivity contribution in [3.05, 3.63) is 0 Å². The van der Waals surface area contributed by atoms with Crippen molar-refractivity contribution in [3.63, 3.8) is 0 Å². The lowest BCUT2D eigenvalue weighted by molar-refractivity contribution is -0.150. The second kappa shape index (κ2) is 7.06. The lowest BCUT2D eigenvalue weighted by atomic mass is 10.1. The van der Waals surface area contributed by atoms with Crippen molar-refractivity contribution in [1.82, 2.24) is 15.5 Å². The number of hydrogen-bond acceptors (Lipinski definition) is 5. The van der Waals surface area contributed by atoms with E-state index in [9.17, 15) is 19.5 Å². The van der Waals surface area contributed by atoms with Crippen LogP contribution in [-0.4, -0.2) is 70.2 Å². The summed E-state index contributed by atoms with van der Waals surface area (Å²) in [4.78, 5) is 37.1. The lowest BCUT2D eigenvalue weighted by Crippen LogP contribution is -2.58. The standard InChI is InChI=1S/C14H23N3O5/c1-8(18)11(16-12(19)9-4-2-6-15-9)13(20)17-7-3-5-10(17)14(21)22/h8-11,15,18H,2-7H2,1H3,(H,16,19)(H,21,22)/t8-,9+,10-,11+/m1/s1. The summed E-state index contributed by atoms with van der Waals surface area (Å²) in [5, 5.41) is 24.6. The minimum Gasteiger partial charge on any atom is -0.480 e. The third-order valence-electron chi connectivity index (χ3n) is 4.24. The van der Waals surface area contributed by atoms with Crippen molar-refractivity contribution in [2.24, 2.45) is 0 Å². The Morgan fingerprint density at radius 3 is 2.55 bits per heavy atom. The zero-order valence-corrected chi connectivity index (χ0v) is 12.6. The van der Waals surface area contributed by atoms with Gasteiger partial charge in [0.05, 0.1) is 12.1 Å². The van der Waals surface area contributed by atoms with E-state index < -0.39 is 30.1 Å². The van der Waals surface area contributed by atoms with E-state index in [1.54, 1.807) is 0 Å². The van der Waals surface area contributed by atoms with Crippen molar-refractivity contribution in [3.8, 4) is 0 Å². The van der Waals surface area contributed by atoms with Gasteiger partial charge in [0.1, 0.15) is 12.1 Å². The highest BCUT2D eigenvalue weighted by Gasteiger charge is 2.39. The van der Waals surface area contributed by atoms with Crippen LogP contribution < -0.4 is 10.6 Å². The number of carboxylic acid groups (broad SMARTS) is 1. The molecule has 0 bridgehead atoms. The first kappa shape index (κ1) is 16.7. The molecule has 4 N–H and O–H groups in total. The van der Waals surface area contributed by atoms with Crippen molar-refractivity contribution < 1.29 is 24.6 Å². The van der Waals surface area contributed by atoms with Crippen molar-refractivity contribution in [2.75, 3.05) is 13.1 Å². The van der Waals surface area contributed by atoms with Gasteiger partial charge in [0, 0.05) is 6.54 Å². The molecule has 2 saturated heterocycles. The van der Waals surface area contributed by atoms with Gasteiger partial charge in [0.25, 0.3) is 0 Å². The number of rotatable bonds is 5. The highest BCUT2D eigenvalue weighted by Crippen LogP contribution is 2.19. The molecule has 2 heterocycles. The van der Waals surface area contributed by atoms with E-state index in [0.29, 0.717) is 25.8 Å².